The molecule has 3 rings (SSSR count). The first-order valence-corrected chi connectivity index (χ1v) is 7.87. The van der Waals surface area contributed by atoms with Crippen molar-refractivity contribution in [3.05, 3.63) is 29.9 Å². The maximum Gasteiger partial charge on any atom is 0.150 e. The highest BCUT2D eigenvalue weighted by Gasteiger charge is 2.34. The molecule has 3 nitrogen and oxygen atoms in total. The van der Waals surface area contributed by atoms with Gasteiger partial charge >= 0.3 is 0 Å². The van der Waals surface area contributed by atoms with Crippen molar-refractivity contribution >= 4 is 11.3 Å². The maximum atomic E-state index is 6.43. The SMILES string of the molecule is CC1CC(C)C(n2ccnc2-c2cccs2)C(N)C1. The zero-order chi connectivity index (χ0) is 13.4. The molecule has 102 valence electrons. The summed E-state index contributed by atoms with van der Waals surface area (Å²) in [4.78, 5) is 5.76. The smallest absolute Gasteiger partial charge is 0.150 e. The summed E-state index contributed by atoms with van der Waals surface area (Å²) in [7, 11) is 0. The summed E-state index contributed by atoms with van der Waals surface area (Å²) >= 11 is 1.74. The van der Waals surface area contributed by atoms with Gasteiger partial charge in [-0.2, -0.15) is 0 Å². The zero-order valence-electron chi connectivity index (χ0n) is 11.5. The Labute approximate surface area is 118 Å². The third kappa shape index (κ3) is 2.35. The summed E-state index contributed by atoms with van der Waals surface area (Å²) in [6, 6.07) is 4.80. The van der Waals surface area contributed by atoms with E-state index in [9.17, 15) is 0 Å². The normalized spacial score (nSPS) is 31.5. The second-order valence-electron chi connectivity index (χ2n) is 5.84. The Morgan fingerprint density at radius 2 is 2.21 bits per heavy atom. The molecule has 0 radical (unpaired) electrons. The van der Waals surface area contributed by atoms with E-state index in [2.05, 4.69) is 47.1 Å². The molecule has 0 saturated heterocycles. The van der Waals surface area contributed by atoms with Gasteiger partial charge < -0.3 is 10.3 Å². The monoisotopic (exact) mass is 275 g/mol. The van der Waals surface area contributed by atoms with Crippen molar-refractivity contribution < 1.29 is 0 Å². The third-order valence-electron chi connectivity index (χ3n) is 4.20. The summed E-state index contributed by atoms with van der Waals surface area (Å²) in [6.45, 7) is 4.62. The Hall–Kier alpha value is -1.13. The summed E-state index contributed by atoms with van der Waals surface area (Å²) in [5, 5.41) is 2.10. The molecule has 0 spiro atoms. The van der Waals surface area contributed by atoms with E-state index in [1.54, 1.807) is 11.3 Å². The van der Waals surface area contributed by atoms with Crippen LogP contribution < -0.4 is 5.73 Å². The standard InChI is InChI=1S/C15H21N3S/c1-10-8-11(2)14(12(16)9-10)18-6-5-17-15(18)13-4-3-7-19-13/h3-7,10-12,14H,8-9,16H2,1-2H3. The molecule has 2 aromatic rings. The van der Waals surface area contributed by atoms with Gasteiger partial charge in [0.1, 0.15) is 5.82 Å². The van der Waals surface area contributed by atoms with Crippen molar-refractivity contribution in [2.24, 2.45) is 17.6 Å². The lowest BCUT2D eigenvalue weighted by atomic mass is 9.77. The summed E-state index contributed by atoms with van der Waals surface area (Å²) in [6.07, 6.45) is 6.34. The topological polar surface area (TPSA) is 43.8 Å². The number of hydrogen-bond donors (Lipinski definition) is 1. The second kappa shape index (κ2) is 5.10. The van der Waals surface area contributed by atoms with Crippen LogP contribution in [0.5, 0.6) is 0 Å². The fourth-order valence-electron chi connectivity index (χ4n) is 3.53. The van der Waals surface area contributed by atoms with Gasteiger partial charge in [0.05, 0.1) is 10.9 Å². The van der Waals surface area contributed by atoms with Crippen molar-refractivity contribution in [1.29, 1.82) is 0 Å². The first-order valence-electron chi connectivity index (χ1n) is 6.99. The molecule has 0 aliphatic heterocycles. The fraction of sp³-hybridized carbons (Fsp3) is 0.533. The van der Waals surface area contributed by atoms with Crippen LogP contribution in [0.4, 0.5) is 0 Å². The molecule has 2 N–H and O–H groups in total. The molecular weight excluding hydrogens is 254 g/mol. The lowest BCUT2D eigenvalue weighted by Crippen LogP contribution is -2.42. The molecule has 2 heterocycles. The molecule has 1 saturated carbocycles. The lowest BCUT2D eigenvalue weighted by molar-refractivity contribution is 0.179. The number of thiophene rings is 1. The zero-order valence-corrected chi connectivity index (χ0v) is 12.3. The molecule has 1 aliphatic rings. The van der Waals surface area contributed by atoms with Crippen LogP contribution in [0.25, 0.3) is 10.7 Å². The third-order valence-corrected chi connectivity index (χ3v) is 5.07. The first kappa shape index (κ1) is 12.9. The lowest BCUT2D eigenvalue weighted by Gasteiger charge is -2.39. The summed E-state index contributed by atoms with van der Waals surface area (Å²) in [5.41, 5.74) is 6.43. The highest BCUT2D eigenvalue weighted by Crippen LogP contribution is 2.38. The molecule has 1 aliphatic carbocycles. The fourth-order valence-corrected chi connectivity index (χ4v) is 4.25. The van der Waals surface area contributed by atoms with Crippen molar-refractivity contribution in [1.82, 2.24) is 9.55 Å². The summed E-state index contributed by atoms with van der Waals surface area (Å²) in [5.74, 6) is 2.40. The molecule has 0 bridgehead atoms. The first-order chi connectivity index (χ1) is 9.16. The van der Waals surface area contributed by atoms with Gasteiger partial charge in [0.25, 0.3) is 0 Å². The van der Waals surface area contributed by atoms with Crippen LogP contribution in [-0.2, 0) is 0 Å². The molecule has 1 fully saturated rings. The number of hydrogen-bond acceptors (Lipinski definition) is 3. The van der Waals surface area contributed by atoms with Gasteiger partial charge in [0.15, 0.2) is 0 Å². The van der Waals surface area contributed by atoms with Crippen LogP contribution >= 0.6 is 11.3 Å². The quantitative estimate of drug-likeness (QED) is 0.911. The van der Waals surface area contributed by atoms with E-state index in [0.717, 1.165) is 18.2 Å². The Bertz CT molecular complexity index is 519. The van der Waals surface area contributed by atoms with Gasteiger partial charge in [0, 0.05) is 18.4 Å². The van der Waals surface area contributed by atoms with E-state index in [1.807, 2.05) is 6.20 Å². The van der Waals surface area contributed by atoms with Crippen LogP contribution in [0.15, 0.2) is 29.9 Å². The molecule has 2 aromatic heterocycles. The molecule has 0 aromatic carbocycles. The van der Waals surface area contributed by atoms with E-state index >= 15 is 0 Å². The molecule has 4 unspecified atom stereocenters. The Balaban J connectivity index is 1.96. The molecular formula is C15H21N3S. The summed E-state index contributed by atoms with van der Waals surface area (Å²) < 4.78 is 2.30. The van der Waals surface area contributed by atoms with E-state index in [1.165, 1.54) is 11.3 Å². The Morgan fingerprint density at radius 1 is 1.37 bits per heavy atom. The van der Waals surface area contributed by atoms with Gasteiger partial charge in [-0.05, 0) is 36.1 Å². The van der Waals surface area contributed by atoms with Crippen LogP contribution in [0.2, 0.25) is 0 Å². The van der Waals surface area contributed by atoms with E-state index in [0.29, 0.717) is 12.0 Å². The van der Waals surface area contributed by atoms with Crippen molar-refractivity contribution in [3.8, 4) is 10.7 Å². The van der Waals surface area contributed by atoms with E-state index < -0.39 is 0 Å². The number of imidazole rings is 1. The molecule has 19 heavy (non-hydrogen) atoms. The van der Waals surface area contributed by atoms with Crippen LogP contribution in [0.3, 0.4) is 0 Å². The highest BCUT2D eigenvalue weighted by atomic mass is 32.1. The highest BCUT2D eigenvalue weighted by molar-refractivity contribution is 7.13. The number of aromatic nitrogens is 2. The molecule has 0 amide bonds. The van der Waals surface area contributed by atoms with Crippen molar-refractivity contribution in [2.45, 2.75) is 38.8 Å². The average Bonchev–Trinajstić information content (AvgIpc) is 2.96. The predicted molar refractivity (Wildman–Crippen MR) is 80.1 cm³/mol. The second-order valence-corrected chi connectivity index (χ2v) is 6.79. The Kier molecular flexibility index (Phi) is 3.46. The minimum absolute atomic E-state index is 0.228. The molecule has 4 heteroatoms. The number of rotatable bonds is 2. The van der Waals surface area contributed by atoms with Gasteiger partial charge in [-0.1, -0.05) is 19.9 Å². The maximum absolute atomic E-state index is 6.43. The minimum atomic E-state index is 0.228. The number of nitrogens with two attached hydrogens (primary N) is 1. The van der Waals surface area contributed by atoms with Gasteiger partial charge in [-0.3, -0.25) is 0 Å². The Morgan fingerprint density at radius 3 is 2.89 bits per heavy atom. The van der Waals surface area contributed by atoms with Crippen LogP contribution in [0, 0.1) is 11.8 Å². The van der Waals surface area contributed by atoms with Crippen molar-refractivity contribution in [2.75, 3.05) is 0 Å². The van der Waals surface area contributed by atoms with E-state index in [4.69, 9.17) is 5.73 Å². The van der Waals surface area contributed by atoms with Crippen LogP contribution in [0.1, 0.15) is 32.7 Å². The molecule has 4 atom stereocenters. The van der Waals surface area contributed by atoms with Gasteiger partial charge in [-0.15, -0.1) is 11.3 Å². The van der Waals surface area contributed by atoms with Gasteiger partial charge in [-0.25, -0.2) is 4.98 Å². The predicted octanol–water partition coefficient (Wildman–Crippen LogP) is 3.55. The minimum Gasteiger partial charge on any atom is -0.326 e. The van der Waals surface area contributed by atoms with Gasteiger partial charge in [0.2, 0.25) is 0 Å². The van der Waals surface area contributed by atoms with Crippen molar-refractivity contribution in [3.63, 3.8) is 0 Å². The van der Waals surface area contributed by atoms with Crippen LogP contribution in [-0.4, -0.2) is 15.6 Å². The average molecular weight is 275 g/mol. The number of nitrogens with zero attached hydrogens (tertiary/aromatic N) is 2. The van der Waals surface area contributed by atoms with E-state index in [-0.39, 0.29) is 6.04 Å². The largest absolute Gasteiger partial charge is 0.326 e.